The summed E-state index contributed by atoms with van der Waals surface area (Å²) >= 11 is 0. The van der Waals surface area contributed by atoms with Crippen molar-refractivity contribution < 1.29 is 24.1 Å². The monoisotopic (exact) mass is 409 g/mol. The second-order valence-electron chi connectivity index (χ2n) is 6.82. The van der Waals surface area contributed by atoms with Crippen molar-refractivity contribution in [1.29, 1.82) is 0 Å². The molecule has 0 atom stereocenters. The third-order valence-corrected chi connectivity index (χ3v) is 4.98. The predicted molar refractivity (Wildman–Crippen MR) is 110 cm³/mol. The Morgan fingerprint density at radius 3 is 2.50 bits per heavy atom. The van der Waals surface area contributed by atoms with Crippen LogP contribution in [0.15, 0.2) is 48.5 Å². The summed E-state index contributed by atoms with van der Waals surface area (Å²) in [6.07, 6.45) is 0. The second-order valence-corrected chi connectivity index (χ2v) is 6.82. The van der Waals surface area contributed by atoms with Crippen LogP contribution in [0.4, 0.5) is 0 Å². The largest absolute Gasteiger partial charge is 0.508 e. The molecule has 1 N–H and O–H groups in total. The summed E-state index contributed by atoms with van der Waals surface area (Å²) in [7, 11) is 3.15. The van der Waals surface area contributed by atoms with Crippen LogP contribution in [0.5, 0.6) is 17.2 Å². The van der Waals surface area contributed by atoms with E-state index in [1.165, 1.54) is 0 Å². The van der Waals surface area contributed by atoms with Crippen molar-refractivity contribution in [1.82, 2.24) is 14.7 Å². The lowest BCUT2D eigenvalue weighted by molar-refractivity contribution is 0.0298. The van der Waals surface area contributed by atoms with Crippen molar-refractivity contribution in [3.63, 3.8) is 0 Å². The maximum Gasteiger partial charge on any atom is 0.274 e. The number of phenolic OH excluding ortho intramolecular Hbond substituents is 1. The minimum absolute atomic E-state index is 0.113. The maximum atomic E-state index is 13.0. The lowest BCUT2D eigenvalue weighted by atomic mass is 10.1. The predicted octanol–water partition coefficient (Wildman–Crippen LogP) is 2.73. The van der Waals surface area contributed by atoms with Gasteiger partial charge < -0.3 is 24.2 Å². The number of methoxy groups -OCH3 is 2. The van der Waals surface area contributed by atoms with Gasteiger partial charge in [0.1, 0.15) is 5.75 Å². The molecule has 30 heavy (non-hydrogen) atoms. The molecular formula is C22H23N3O5. The van der Waals surface area contributed by atoms with Gasteiger partial charge in [-0.25, -0.2) is 4.68 Å². The number of rotatable bonds is 5. The molecule has 156 valence electrons. The quantitative estimate of drug-likeness (QED) is 0.697. The molecule has 1 saturated heterocycles. The van der Waals surface area contributed by atoms with E-state index in [9.17, 15) is 9.90 Å². The number of aromatic hydroxyl groups is 1. The smallest absolute Gasteiger partial charge is 0.274 e. The summed E-state index contributed by atoms with van der Waals surface area (Å²) in [6, 6.07) is 14.0. The zero-order valence-corrected chi connectivity index (χ0v) is 16.9. The van der Waals surface area contributed by atoms with Gasteiger partial charge in [-0.3, -0.25) is 4.79 Å². The molecular weight excluding hydrogens is 386 g/mol. The van der Waals surface area contributed by atoms with E-state index < -0.39 is 0 Å². The molecule has 0 spiro atoms. The lowest BCUT2D eigenvalue weighted by Gasteiger charge is -2.25. The molecule has 1 aromatic heterocycles. The molecule has 8 heteroatoms. The van der Waals surface area contributed by atoms with Gasteiger partial charge in [-0.1, -0.05) is 6.07 Å². The first-order chi connectivity index (χ1) is 14.6. The Balaban J connectivity index is 1.81. The second kappa shape index (κ2) is 8.46. The van der Waals surface area contributed by atoms with Crippen LogP contribution in [0.25, 0.3) is 16.9 Å². The van der Waals surface area contributed by atoms with Crippen molar-refractivity contribution in [2.75, 3.05) is 40.5 Å². The van der Waals surface area contributed by atoms with Crippen LogP contribution in [0, 0.1) is 0 Å². The highest BCUT2D eigenvalue weighted by Crippen LogP contribution is 2.34. The van der Waals surface area contributed by atoms with Crippen molar-refractivity contribution in [3.05, 3.63) is 54.2 Å². The van der Waals surface area contributed by atoms with Gasteiger partial charge >= 0.3 is 0 Å². The van der Waals surface area contributed by atoms with E-state index in [-0.39, 0.29) is 11.7 Å². The zero-order valence-electron chi connectivity index (χ0n) is 16.9. The van der Waals surface area contributed by atoms with Gasteiger partial charge in [-0.15, -0.1) is 0 Å². The normalized spacial score (nSPS) is 13.9. The number of morpholine rings is 1. The standard InChI is InChI=1S/C22H23N3O5/c1-28-20-7-6-15(12-21(20)29-2)19-14-18(22(27)24-8-10-30-11-9-24)23-25(19)16-4-3-5-17(26)13-16/h3-7,12-14,26H,8-11H2,1-2H3. The van der Waals surface area contributed by atoms with Crippen LogP contribution >= 0.6 is 0 Å². The summed E-state index contributed by atoms with van der Waals surface area (Å²) in [5, 5.41) is 14.5. The average Bonchev–Trinajstić information content (AvgIpc) is 3.24. The van der Waals surface area contributed by atoms with Crippen molar-refractivity contribution in [3.8, 4) is 34.2 Å². The lowest BCUT2D eigenvalue weighted by Crippen LogP contribution is -2.40. The van der Waals surface area contributed by atoms with Crippen LogP contribution in [0.3, 0.4) is 0 Å². The molecule has 1 aliphatic heterocycles. The fourth-order valence-electron chi connectivity index (χ4n) is 3.44. The Bertz CT molecular complexity index is 1060. The summed E-state index contributed by atoms with van der Waals surface area (Å²) in [4.78, 5) is 14.8. The van der Waals surface area contributed by atoms with Crippen LogP contribution in [-0.4, -0.2) is 66.2 Å². The Labute approximate surface area is 174 Å². The molecule has 2 heterocycles. The molecule has 0 saturated carbocycles. The molecule has 0 unspecified atom stereocenters. The molecule has 0 aliphatic carbocycles. The molecule has 3 aromatic rings. The van der Waals surface area contributed by atoms with Crippen LogP contribution in [0.2, 0.25) is 0 Å². The van der Waals surface area contributed by atoms with Gasteiger partial charge in [-0.05, 0) is 36.4 Å². The molecule has 1 amide bonds. The van der Waals surface area contributed by atoms with Crippen LogP contribution in [-0.2, 0) is 4.74 Å². The molecule has 2 aromatic carbocycles. The maximum absolute atomic E-state index is 13.0. The molecule has 4 rings (SSSR count). The number of amides is 1. The van der Waals surface area contributed by atoms with Gasteiger partial charge in [0.05, 0.1) is 38.8 Å². The van der Waals surface area contributed by atoms with Gasteiger partial charge in [0, 0.05) is 24.7 Å². The van der Waals surface area contributed by atoms with E-state index in [1.807, 2.05) is 18.2 Å². The fourth-order valence-corrected chi connectivity index (χ4v) is 3.44. The van der Waals surface area contributed by atoms with Crippen molar-refractivity contribution >= 4 is 5.91 Å². The summed E-state index contributed by atoms with van der Waals surface area (Å²) in [5.74, 6) is 1.13. The zero-order chi connectivity index (χ0) is 21.1. The van der Waals surface area contributed by atoms with Crippen LogP contribution < -0.4 is 9.47 Å². The average molecular weight is 409 g/mol. The van der Waals surface area contributed by atoms with E-state index in [0.29, 0.717) is 54.9 Å². The van der Waals surface area contributed by atoms with Crippen molar-refractivity contribution in [2.45, 2.75) is 0 Å². The van der Waals surface area contributed by atoms with Gasteiger partial charge in [0.25, 0.3) is 5.91 Å². The first-order valence-corrected chi connectivity index (χ1v) is 9.59. The minimum Gasteiger partial charge on any atom is -0.508 e. The summed E-state index contributed by atoms with van der Waals surface area (Å²) < 4.78 is 17.7. The highest BCUT2D eigenvalue weighted by molar-refractivity contribution is 5.93. The number of carbonyl (C=O) groups excluding carboxylic acids is 1. The van der Waals surface area contributed by atoms with E-state index in [1.54, 1.807) is 54.1 Å². The Kier molecular flexibility index (Phi) is 5.58. The van der Waals surface area contributed by atoms with Gasteiger partial charge in [-0.2, -0.15) is 5.10 Å². The van der Waals surface area contributed by atoms with E-state index in [0.717, 1.165) is 5.56 Å². The highest BCUT2D eigenvalue weighted by atomic mass is 16.5. The number of aromatic nitrogens is 2. The Morgan fingerprint density at radius 1 is 1.03 bits per heavy atom. The SMILES string of the molecule is COc1ccc(-c2cc(C(=O)N3CCOCC3)nn2-c2cccc(O)c2)cc1OC. The summed E-state index contributed by atoms with van der Waals surface area (Å²) in [6.45, 7) is 2.09. The first-order valence-electron chi connectivity index (χ1n) is 9.59. The number of benzene rings is 2. The number of nitrogens with zero attached hydrogens (tertiary/aromatic N) is 3. The third-order valence-electron chi connectivity index (χ3n) is 4.98. The number of phenols is 1. The Hall–Kier alpha value is -3.52. The molecule has 8 nitrogen and oxygen atoms in total. The van der Waals surface area contributed by atoms with E-state index in [4.69, 9.17) is 14.2 Å². The number of hydrogen-bond acceptors (Lipinski definition) is 6. The Morgan fingerprint density at radius 2 is 1.80 bits per heavy atom. The summed E-state index contributed by atoms with van der Waals surface area (Å²) in [5.41, 5.74) is 2.45. The fraction of sp³-hybridized carbons (Fsp3) is 0.273. The minimum atomic E-state index is -0.154. The van der Waals surface area contributed by atoms with Crippen molar-refractivity contribution in [2.24, 2.45) is 0 Å². The molecule has 0 radical (unpaired) electrons. The van der Waals surface area contributed by atoms with E-state index in [2.05, 4.69) is 5.10 Å². The molecule has 1 fully saturated rings. The third kappa shape index (κ3) is 3.81. The molecule has 1 aliphatic rings. The van der Waals surface area contributed by atoms with E-state index >= 15 is 0 Å². The van der Waals surface area contributed by atoms with Crippen LogP contribution in [0.1, 0.15) is 10.5 Å². The number of hydrogen-bond donors (Lipinski definition) is 1. The topological polar surface area (TPSA) is 86.0 Å². The number of carbonyl (C=O) groups is 1. The number of ether oxygens (including phenoxy) is 3. The van der Waals surface area contributed by atoms with Gasteiger partial charge in [0.15, 0.2) is 17.2 Å². The van der Waals surface area contributed by atoms with Gasteiger partial charge in [0.2, 0.25) is 0 Å². The molecule has 0 bridgehead atoms. The highest BCUT2D eigenvalue weighted by Gasteiger charge is 2.24. The first kappa shape index (κ1) is 19.8.